The summed E-state index contributed by atoms with van der Waals surface area (Å²) in [4.78, 5) is 15.4. The monoisotopic (exact) mass is 291 g/mol. The number of nitrogens with one attached hydrogen (secondary N) is 2. The molecule has 15 heavy (non-hydrogen) atoms. The van der Waals surface area contributed by atoms with Crippen LogP contribution in [0.4, 0.5) is 5.13 Å². The van der Waals surface area contributed by atoms with Crippen molar-refractivity contribution >= 4 is 38.3 Å². The molecule has 0 aromatic carbocycles. The molecule has 84 valence electrons. The van der Waals surface area contributed by atoms with Crippen molar-refractivity contribution < 1.29 is 4.79 Å². The van der Waals surface area contributed by atoms with Gasteiger partial charge < -0.3 is 10.6 Å². The summed E-state index contributed by atoms with van der Waals surface area (Å²) in [6.07, 6.45) is 2.14. The molecule has 0 unspecified atom stereocenters. The summed E-state index contributed by atoms with van der Waals surface area (Å²) in [7, 11) is 0. The Hall–Kier alpha value is -0.460. The highest BCUT2D eigenvalue weighted by molar-refractivity contribution is 9.11. The standard InChI is InChI=1S/C9H14BrN3OS/c1-6(2)11-4-3-8(14)13-9-12-5-7(10)15-9/h5-6,11H,3-4H2,1-2H3,(H,12,13,14). The van der Waals surface area contributed by atoms with Crippen LogP contribution in [-0.4, -0.2) is 23.5 Å². The van der Waals surface area contributed by atoms with Crippen LogP contribution in [0.1, 0.15) is 20.3 Å². The first-order chi connectivity index (χ1) is 7.08. The molecule has 0 fully saturated rings. The molecular weight excluding hydrogens is 278 g/mol. The van der Waals surface area contributed by atoms with Crippen LogP contribution in [0.2, 0.25) is 0 Å². The number of rotatable bonds is 5. The molecule has 4 nitrogen and oxygen atoms in total. The maximum Gasteiger partial charge on any atom is 0.227 e. The molecule has 0 aliphatic rings. The highest BCUT2D eigenvalue weighted by Crippen LogP contribution is 2.22. The van der Waals surface area contributed by atoms with Gasteiger partial charge in [0.1, 0.15) is 0 Å². The number of carbonyl (C=O) groups is 1. The van der Waals surface area contributed by atoms with Crippen molar-refractivity contribution in [2.24, 2.45) is 0 Å². The molecular formula is C9H14BrN3OS. The zero-order valence-corrected chi connectivity index (χ0v) is 11.1. The van der Waals surface area contributed by atoms with Gasteiger partial charge in [-0.2, -0.15) is 0 Å². The fourth-order valence-corrected chi connectivity index (χ4v) is 2.09. The number of thiazole rings is 1. The van der Waals surface area contributed by atoms with Gasteiger partial charge >= 0.3 is 0 Å². The highest BCUT2D eigenvalue weighted by Gasteiger charge is 2.05. The van der Waals surface area contributed by atoms with Crippen molar-refractivity contribution in [2.45, 2.75) is 26.3 Å². The SMILES string of the molecule is CC(C)NCCC(=O)Nc1ncc(Br)s1. The largest absolute Gasteiger partial charge is 0.314 e. The molecule has 2 N–H and O–H groups in total. The maximum absolute atomic E-state index is 11.4. The van der Waals surface area contributed by atoms with E-state index in [1.54, 1.807) is 6.20 Å². The van der Waals surface area contributed by atoms with Crippen LogP contribution in [0, 0.1) is 0 Å². The van der Waals surface area contributed by atoms with Crippen LogP contribution in [-0.2, 0) is 4.79 Å². The van der Waals surface area contributed by atoms with Gasteiger partial charge in [0, 0.05) is 19.0 Å². The molecule has 1 aromatic rings. The quantitative estimate of drug-likeness (QED) is 0.875. The molecule has 1 amide bonds. The van der Waals surface area contributed by atoms with Crippen LogP contribution in [0.3, 0.4) is 0 Å². The van der Waals surface area contributed by atoms with Crippen LogP contribution in [0.5, 0.6) is 0 Å². The summed E-state index contributed by atoms with van der Waals surface area (Å²) in [5.41, 5.74) is 0. The summed E-state index contributed by atoms with van der Waals surface area (Å²) in [5.74, 6) is -0.00926. The van der Waals surface area contributed by atoms with Crippen molar-refractivity contribution in [2.75, 3.05) is 11.9 Å². The van der Waals surface area contributed by atoms with E-state index in [4.69, 9.17) is 0 Å². The summed E-state index contributed by atoms with van der Waals surface area (Å²) in [6.45, 7) is 4.79. The number of nitrogens with zero attached hydrogens (tertiary/aromatic N) is 1. The van der Waals surface area contributed by atoms with Gasteiger partial charge in [-0.15, -0.1) is 0 Å². The number of amides is 1. The summed E-state index contributed by atoms with van der Waals surface area (Å²) < 4.78 is 0.915. The first kappa shape index (κ1) is 12.6. The average Bonchev–Trinajstić information content (AvgIpc) is 2.50. The van der Waals surface area contributed by atoms with Gasteiger partial charge in [0.05, 0.1) is 9.98 Å². The predicted molar refractivity (Wildman–Crippen MR) is 66.2 cm³/mol. The van der Waals surface area contributed by atoms with E-state index in [-0.39, 0.29) is 5.91 Å². The first-order valence-electron chi connectivity index (χ1n) is 4.72. The van der Waals surface area contributed by atoms with Crippen molar-refractivity contribution in [3.8, 4) is 0 Å². The second-order valence-corrected chi connectivity index (χ2v) is 5.79. The van der Waals surface area contributed by atoms with Gasteiger partial charge in [-0.05, 0) is 15.9 Å². The topological polar surface area (TPSA) is 54.0 Å². The third-order valence-electron chi connectivity index (χ3n) is 1.63. The molecule has 0 radical (unpaired) electrons. The molecule has 1 aromatic heterocycles. The van der Waals surface area contributed by atoms with E-state index in [0.717, 1.165) is 3.79 Å². The lowest BCUT2D eigenvalue weighted by atomic mass is 10.3. The van der Waals surface area contributed by atoms with Crippen LogP contribution >= 0.6 is 27.3 Å². The number of hydrogen-bond donors (Lipinski definition) is 2. The number of carbonyl (C=O) groups excluding carboxylic acids is 1. The minimum Gasteiger partial charge on any atom is -0.314 e. The highest BCUT2D eigenvalue weighted by atomic mass is 79.9. The van der Waals surface area contributed by atoms with Gasteiger partial charge in [0.15, 0.2) is 5.13 Å². The number of anilines is 1. The predicted octanol–water partition coefficient (Wildman–Crippen LogP) is 2.23. The average molecular weight is 292 g/mol. The number of hydrogen-bond acceptors (Lipinski definition) is 4. The van der Waals surface area contributed by atoms with Crippen molar-refractivity contribution in [1.82, 2.24) is 10.3 Å². The van der Waals surface area contributed by atoms with Crippen LogP contribution in [0.25, 0.3) is 0 Å². The van der Waals surface area contributed by atoms with Crippen molar-refractivity contribution in [3.63, 3.8) is 0 Å². The van der Waals surface area contributed by atoms with Gasteiger partial charge in [-0.25, -0.2) is 4.98 Å². The Bertz CT molecular complexity index is 327. The van der Waals surface area contributed by atoms with Crippen molar-refractivity contribution in [1.29, 1.82) is 0 Å². The zero-order valence-electron chi connectivity index (χ0n) is 8.71. The van der Waals surface area contributed by atoms with E-state index in [0.29, 0.717) is 24.1 Å². The smallest absolute Gasteiger partial charge is 0.227 e. The lowest BCUT2D eigenvalue weighted by molar-refractivity contribution is -0.116. The Labute approximate surface area is 102 Å². The normalized spacial score (nSPS) is 10.7. The zero-order chi connectivity index (χ0) is 11.3. The molecule has 0 saturated heterocycles. The molecule has 0 aliphatic carbocycles. The fraction of sp³-hybridized carbons (Fsp3) is 0.556. The minimum atomic E-state index is -0.00926. The van der Waals surface area contributed by atoms with Gasteiger partial charge in [-0.3, -0.25) is 4.79 Å². The van der Waals surface area contributed by atoms with Crippen LogP contribution in [0.15, 0.2) is 9.98 Å². The molecule has 1 rings (SSSR count). The Balaban J connectivity index is 2.24. The van der Waals surface area contributed by atoms with Gasteiger partial charge in [0.25, 0.3) is 0 Å². The number of halogens is 1. The van der Waals surface area contributed by atoms with Gasteiger partial charge in [-0.1, -0.05) is 25.2 Å². The maximum atomic E-state index is 11.4. The van der Waals surface area contributed by atoms with E-state index in [2.05, 4.69) is 45.4 Å². The Morgan fingerprint density at radius 2 is 2.40 bits per heavy atom. The Morgan fingerprint density at radius 1 is 1.67 bits per heavy atom. The second-order valence-electron chi connectivity index (χ2n) is 3.38. The van der Waals surface area contributed by atoms with E-state index in [1.165, 1.54) is 11.3 Å². The van der Waals surface area contributed by atoms with E-state index >= 15 is 0 Å². The molecule has 1 heterocycles. The Kier molecular flexibility index (Phi) is 5.21. The van der Waals surface area contributed by atoms with Crippen molar-refractivity contribution in [3.05, 3.63) is 9.98 Å². The van der Waals surface area contributed by atoms with Gasteiger partial charge in [0.2, 0.25) is 5.91 Å². The lowest BCUT2D eigenvalue weighted by Crippen LogP contribution is -2.27. The molecule has 0 atom stereocenters. The molecule has 0 aliphatic heterocycles. The lowest BCUT2D eigenvalue weighted by Gasteiger charge is -2.06. The molecule has 0 saturated carbocycles. The fourth-order valence-electron chi connectivity index (χ4n) is 0.968. The van der Waals surface area contributed by atoms with E-state index < -0.39 is 0 Å². The molecule has 6 heteroatoms. The van der Waals surface area contributed by atoms with Crippen LogP contribution < -0.4 is 10.6 Å². The number of aromatic nitrogens is 1. The summed E-state index contributed by atoms with van der Waals surface area (Å²) >= 11 is 4.70. The summed E-state index contributed by atoms with van der Waals surface area (Å²) in [5, 5.41) is 6.55. The third-order valence-corrected chi connectivity index (χ3v) is 3.02. The van der Waals surface area contributed by atoms with E-state index in [9.17, 15) is 4.79 Å². The Morgan fingerprint density at radius 3 is 2.93 bits per heavy atom. The first-order valence-corrected chi connectivity index (χ1v) is 6.33. The summed E-state index contributed by atoms with van der Waals surface area (Å²) in [6, 6.07) is 0.409. The molecule has 0 bridgehead atoms. The van der Waals surface area contributed by atoms with E-state index in [1.807, 2.05) is 0 Å². The minimum absolute atomic E-state index is 0.00926. The molecule has 0 spiro atoms. The second kappa shape index (κ2) is 6.19. The third kappa shape index (κ3) is 5.25.